The molecule has 1 aliphatic carbocycles. The topological polar surface area (TPSA) is 147 Å². The Morgan fingerprint density at radius 1 is 0.913 bits per heavy atom. The van der Waals surface area contributed by atoms with Crippen molar-refractivity contribution in [2.24, 2.45) is 0 Å². The largest absolute Gasteiger partial charge is 0.468 e. The first-order chi connectivity index (χ1) is 21.9. The second kappa shape index (κ2) is 11.6. The second-order valence-electron chi connectivity index (χ2n) is 12.9. The summed E-state index contributed by atoms with van der Waals surface area (Å²) in [4.78, 5) is 70.0. The molecule has 10 nitrogen and oxygen atoms in total. The van der Waals surface area contributed by atoms with Crippen molar-refractivity contribution < 1.29 is 23.9 Å². The van der Waals surface area contributed by atoms with E-state index in [1.807, 2.05) is 39.0 Å². The van der Waals surface area contributed by atoms with Crippen LogP contribution in [0.5, 0.6) is 0 Å². The van der Waals surface area contributed by atoms with E-state index < -0.39 is 11.9 Å². The van der Waals surface area contributed by atoms with Crippen molar-refractivity contribution in [3.63, 3.8) is 0 Å². The summed E-state index contributed by atoms with van der Waals surface area (Å²) in [5.74, 6) is -2.47. The number of carbonyl (C=O) groups is 4. The summed E-state index contributed by atoms with van der Waals surface area (Å²) >= 11 is 0. The molecule has 5 heterocycles. The lowest BCUT2D eigenvalue weighted by Crippen LogP contribution is -2.22. The van der Waals surface area contributed by atoms with E-state index in [1.54, 1.807) is 14.0 Å². The number of H-pyrrole nitrogens is 2. The number of rotatable bonds is 6. The molecule has 0 spiro atoms. The number of aromatic amines is 2. The summed E-state index contributed by atoms with van der Waals surface area (Å²) < 4.78 is 5.17. The van der Waals surface area contributed by atoms with Crippen molar-refractivity contribution in [1.29, 1.82) is 0 Å². The zero-order valence-corrected chi connectivity index (χ0v) is 27.7. The molecular formula is C36H41N5O5. The van der Waals surface area contributed by atoms with Gasteiger partial charge in [0.15, 0.2) is 11.6 Å². The average Bonchev–Trinajstić information content (AvgIpc) is 3.76. The van der Waals surface area contributed by atoms with Crippen molar-refractivity contribution in [1.82, 2.24) is 25.3 Å². The molecule has 3 N–H and O–H groups in total. The first-order valence-corrected chi connectivity index (χ1v) is 16.0. The summed E-state index contributed by atoms with van der Waals surface area (Å²) in [5.41, 5.74) is 9.01. The molecule has 6 rings (SSSR count). The van der Waals surface area contributed by atoms with Crippen LogP contribution in [-0.4, -0.2) is 57.5 Å². The van der Waals surface area contributed by atoms with Gasteiger partial charge in [-0.15, -0.1) is 0 Å². The lowest BCUT2D eigenvalue weighted by Gasteiger charge is -2.18. The Balaban J connectivity index is 1.79. The first-order valence-electron chi connectivity index (χ1n) is 16.0. The molecule has 10 heteroatoms. The fourth-order valence-corrected chi connectivity index (χ4v) is 7.74. The number of aromatic nitrogens is 4. The van der Waals surface area contributed by atoms with Crippen LogP contribution in [0.2, 0.25) is 0 Å². The number of nitrogens with zero attached hydrogens (tertiary/aromatic N) is 2. The number of hydrogen-bond donors (Lipinski definition) is 3. The molecule has 240 valence electrons. The standard InChI is InChI=1S/C36H41N5O5/c1-9-20-15(2)22-14-27-29(19(6)42)17(4)24(39-27)12-23-16(3)21(10-11-28(43)37-7)33(40-23)31-32(36(45)46-8)35(44)30-18(5)25(41-34(30)31)13-26(20)38-22/h12-16,20-21,32,39,41H,9-11H2,1-8H3,(H,37,43)/t15?,16?,20-,21+,32?/m1/s1. The van der Waals surface area contributed by atoms with Gasteiger partial charge in [-0.1, -0.05) is 20.8 Å². The number of esters is 1. The summed E-state index contributed by atoms with van der Waals surface area (Å²) in [7, 11) is 2.89. The quantitative estimate of drug-likeness (QED) is 0.166. The van der Waals surface area contributed by atoms with E-state index in [1.165, 1.54) is 7.11 Å². The van der Waals surface area contributed by atoms with Crippen molar-refractivity contribution in [2.45, 2.75) is 90.4 Å². The van der Waals surface area contributed by atoms with Crippen LogP contribution in [0.4, 0.5) is 0 Å². The van der Waals surface area contributed by atoms with Gasteiger partial charge in [-0.05, 0) is 62.9 Å². The van der Waals surface area contributed by atoms with E-state index in [0.29, 0.717) is 39.8 Å². The predicted octanol–water partition coefficient (Wildman–Crippen LogP) is 6.30. The number of Topliss-reactive ketones (excluding diaryl/α,β-unsaturated/α-hetero) is 2. The maximum Gasteiger partial charge on any atom is 0.321 e. The number of amides is 1. The molecule has 2 aliphatic heterocycles. The molecule has 8 bridgehead atoms. The number of ether oxygens (including phenoxy) is 1. The number of nitrogens with one attached hydrogen (secondary N) is 3. The van der Waals surface area contributed by atoms with Gasteiger partial charge in [0, 0.05) is 81.9 Å². The number of ketones is 2. The third-order valence-corrected chi connectivity index (χ3v) is 10.4. The summed E-state index contributed by atoms with van der Waals surface area (Å²) in [5, 5.41) is 2.69. The SMILES string of the molecule is CC[C@H]1c2cc3[nH]c4c(c3C)C(=O)C(C(=O)OC)c4c3nc(cc4[nH]c(cc(n2)C1C)c(C(C)=O)c4C)C(C)[C@@H]3CCC(=O)NC. The normalized spacial score (nSPS) is 21.8. The third-order valence-electron chi connectivity index (χ3n) is 10.4. The zero-order chi connectivity index (χ0) is 33.2. The van der Waals surface area contributed by atoms with Crippen LogP contribution in [0.25, 0.3) is 22.1 Å². The Hall–Kier alpha value is -4.60. The molecule has 0 saturated heterocycles. The van der Waals surface area contributed by atoms with Crippen LogP contribution in [0, 0.1) is 13.8 Å². The van der Waals surface area contributed by atoms with Gasteiger partial charge in [0.05, 0.1) is 23.8 Å². The molecule has 3 aromatic rings. The van der Waals surface area contributed by atoms with Crippen LogP contribution in [-0.2, 0) is 14.3 Å². The van der Waals surface area contributed by atoms with Crippen molar-refractivity contribution in [3.8, 4) is 0 Å². The Labute approximate surface area is 267 Å². The molecule has 0 aromatic carbocycles. The maximum atomic E-state index is 14.1. The molecule has 0 fully saturated rings. The van der Waals surface area contributed by atoms with E-state index in [4.69, 9.17) is 14.7 Å². The Morgan fingerprint density at radius 3 is 2.20 bits per heavy atom. The number of aryl methyl sites for hydroxylation is 2. The molecular weight excluding hydrogens is 582 g/mol. The minimum absolute atomic E-state index is 0.0496. The van der Waals surface area contributed by atoms with Gasteiger partial charge in [0.25, 0.3) is 0 Å². The molecule has 46 heavy (non-hydrogen) atoms. The highest BCUT2D eigenvalue weighted by molar-refractivity contribution is 6.23. The highest BCUT2D eigenvalue weighted by atomic mass is 16.5. The number of hydrogen-bond acceptors (Lipinski definition) is 7. The first kappa shape index (κ1) is 31.4. The maximum absolute atomic E-state index is 14.1. The van der Waals surface area contributed by atoms with Gasteiger partial charge in [-0.2, -0.15) is 0 Å². The van der Waals surface area contributed by atoms with Gasteiger partial charge in [0.2, 0.25) is 5.91 Å². The average molecular weight is 624 g/mol. The monoisotopic (exact) mass is 623 g/mol. The molecule has 1 amide bonds. The van der Waals surface area contributed by atoms with Crippen LogP contribution in [0.1, 0.15) is 137 Å². The minimum atomic E-state index is -1.17. The molecule has 5 atom stereocenters. The summed E-state index contributed by atoms with van der Waals surface area (Å²) in [6.45, 7) is 11.7. The Morgan fingerprint density at radius 2 is 1.54 bits per heavy atom. The fraction of sp³-hybridized carbons (Fsp3) is 0.444. The van der Waals surface area contributed by atoms with Gasteiger partial charge in [0.1, 0.15) is 5.92 Å². The second-order valence-corrected chi connectivity index (χ2v) is 12.9. The van der Waals surface area contributed by atoms with Crippen LogP contribution >= 0.6 is 0 Å². The lowest BCUT2D eigenvalue weighted by atomic mass is 9.84. The van der Waals surface area contributed by atoms with Gasteiger partial charge in [-0.25, -0.2) is 0 Å². The van der Waals surface area contributed by atoms with Gasteiger partial charge < -0.3 is 20.0 Å². The van der Waals surface area contributed by atoms with E-state index in [9.17, 15) is 19.2 Å². The summed E-state index contributed by atoms with van der Waals surface area (Å²) in [6.07, 6.45) is 1.57. The van der Waals surface area contributed by atoms with E-state index in [2.05, 4.69) is 29.1 Å². The molecule has 3 aliphatic rings. The number of carbonyl (C=O) groups excluding carboxylic acids is 4. The Bertz CT molecular complexity index is 1990. The number of fused-ring (bicyclic) bond motifs is 8. The van der Waals surface area contributed by atoms with Crippen LogP contribution < -0.4 is 5.32 Å². The van der Waals surface area contributed by atoms with Crippen molar-refractivity contribution in [2.75, 3.05) is 14.2 Å². The van der Waals surface area contributed by atoms with E-state index >= 15 is 0 Å². The third kappa shape index (κ3) is 4.77. The zero-order valence-electron chi connectivity index (χ0n) is 27.7. The lowest BCUT2D eigenvalue weighted by molar-refractivity contribution is -0.141. The molecule has 0 radical (unpaired) electrons. The fourth-order valence-electron chi connectivity index (χ4n) is 7.74. The summed E-state index contributed by atoms with van der Waals surface area (Å²) in [6, 6.07) is 5.95. The predicted molar refractivity (Wildman–Crippen MR) is 175 cm³/mol. The smallest absolute Gasteiger partial charge is 0.321 e. The Kier molecular flexibility index (Phi) is 7.94. The minimum Gasteiger partial charge on any atom is -0.468 e. The van der Waals surface area contributed by atoms with Crippen LogP contribution in [0.3, 0.4) is 0 Å². The number of methoxy groups -OCH3 is 1. The highest BCUT2D eigenvalue weighted by Gasteiger charge is 2.45. The van der Waals surface area contributed by atoms with E-state index in [-0.39, 0.29) is 47.6 Å². The highest BCUT2D eigenvalue weighted by Crippen LogP contribution is 2.48. The van der Waals surface area contributed by atoms with E-state index in [0.717, 1.165) is 45.7 Å². The molecule has 0 saturated carbocycles. The van der Waals surface area contributed by atoms with Gasteiger partial charge >= 0.3 is 5.97 Å². The van der Waals surface area contributed by atoms with Crippen molar-refractivity contribution in [3.05, 3.63) is 68.8 Å². The van der Waals surface area contributed by atoms with Crippen molar-refractivity contribution >= 4 is 45.5 Å². The van der Waals surface area contributed by atoms with Crippen LogP contribution in [0.15, 0.2) is 18.2 Å². The molecule has 3 aromatic heterocycles. The molecule has 3 unspecified atom stereocenters. The van der Waals surface area contributed by atoms with Gasteiger partial charge in [-0.3, -0.25) is 29.1 Å².